The lowest BCUT2D eigenvalue weighted by atomic mass is 9.87. The minimum absolute atomic E-state index is 0.00346. The molecule has 0 unspecified atom stereocenters. The highest BCUT2D eigenvalue weighted by Gasteiger charge is 2.55. The van der Waals surface area contributed by atoms with Crippen molar-refractivity contribution in [1.29, 1.82) is 0 Å². The first kappa shape index (κ1) is 46.9. The Balaban J connectivity index is 0.677. The van der Waals surface area contributed by atoms with Gasteiger partial charge in [0.05, 0.1) is 36.3 Å². The molecule has 1 fully saturated rings. The van der Waals surface area contributed by atoms with Crippen LogP contribution in [0.2, 0.25) is 0 Å². The third-order valence-corrected chi connectivity index (χ3v) is 19.3. The summed E-state index contributed by atoms with van der Waals surface area (Å²) in [5.74, 6) is 0.187. The van der Waals surface area contributed by atoms with E-state index in [1.165, 1.54) is 15.9 Å². The van der Waals surface area contributed by atoms with Gasteiger partial charge in [-0.15, -0.1) is 5.10 Å². The predicted molar refractivity (Wildman–Crippen MR) is 274 cm³/mol. The molecule has 2 N–H and O–H groups in total. The molecule has 10 rings (SSSR count). The van der Waals surface area contributed by atoms with E-state index in [-0.39, 0.29) is 41.8 Å². The van der Waals surface area contributed by atoms with Crippen molar-refractivity contribution in [3.8, 4) is 5.69 Å². The number of nitrogens with zero attached hydrogens (tertiary/aromatic N) is 5. The molecule has 2 aliphatic heterocycles. The number of aryl methyl sites for hydroxylation is 2. The fraction of sp³-hybridized carbons (Fsp3) is 0.309. The SMILES string of the molecule is CC1=[N+]2C(=C(C(=O)NCCC(=O)OC[C@@H]3[C@@H]4CCc5c(nnn5-c5ccc(NC(=O)CCCCC[P+](c6ccccc6)(c6ccccc6)c6ccccc6)cc5)CC[C@@H]43)c3ccc(C)n3[B-]2(F)F)C=C1. The number of carbonyl (C=O) groups excluding carboxylic acids is 3. The topological polar surface area (TPSA) is 123 Å². The molecule has 0 bridgehead atoms. The molecule has 4 heterocycles. The summed E-state index contributed by atoms with van der Waals surface area (Å²) in [6.07, 6.45) is 10.8. The minimum atomic E-state index is -4.15. The summed E-state index contributed by atoms with van der Waals surface area (Å²) in [4.78, 5) is 39.5. The molecule has 3 atom stereocenters. The van der Waals surface area contributed by atoms with E-state index in [1.807, 2.05) is 28.9 Å². The van der Waals surface area contributed by atoms with Gasteiger partial charge in [0.2, 0.25) is 5.91 Å². The average molecular weight is 961 g/mol. The normalized spacial score (nSPS) is 18.8. The summed E-state index contributed by atoms with van der Waals surface area (Å²) in [6.45, 7) is -0.617. The van der Waals surface area contributed by atoms with Gasteiger partial charge in [0.25, 0.3) is 5.91 Å². The van der Waals surface area contributed by atoms with Crippen molar-refractivity contribution in [3.05, 3.63) is 168 Å². The number of rotatable bonds is 17. The number of allylic oxidation sites excluding steroid dienone is 2. The van der Waals surface area contributed by atoms with Crippen LogP contribution in [-0.2, 0) is 32.0 Å². The van der Waals surface area contributed by atoms with Crippen LogP contribution in [0, 0.1) is 24.7 Å². The van der Waals surface area contributed by atoms with Crippen LogP contribution in [0.4, 0.5) is 14.3 Å². The molecule has 0 radical (unpaired) electrons. The zero-order chi connectivity index (χ0) is 48.4. The third-order valence-electron chi connectivity index (χ3n) is 14.8. The number of fused-ring (bicyclic) bond motifs is 4. The number of benzene rings is 4. The Bertz CT molecular complexity index is 2910. The van der Waals surface area contributed by atoms with Crippen LogP contribution in [-0.4, -0.2) is 73.7 Å². The average Bonchev–Trinajstić information content (AvgIpc) is 3.65. The molecule has 0 saturated heterocycles. The standard InChI is InChI=1S/C55H57BF2N7O4P/c1-38-22-31-50-54(51-32-23-39(2)64(51)56(57,58)63(38)50)55(68)59-35-34-53(67)69-37-47-45-28-30-48-49(33-29-46(45)47)65(62-61-48)41-26-24-40(25-27-41)60-52(66)21-13-6-14-36-70(42-15-7-3-8-16-42,43-17-9-4-10-18-43)44-19-11-5-12-20-44/h3-5,7-12,15-20,22-27,31-32,45-47H,6,13-14,21,28-30,33-37H2,1-2H3,(H-,59,60,66,68)/p+1/t45-,46+,47-/m0/s1. The number of hydrogen-bond donors (Lipinski definition) is 2. The number of carbonyl (C=O) groups is 3. The van der Waals surface area contributed by atoms with Gasteiger partial charge in [0.1, 0.15) is 34.5 Å². The highest BCUT2D eigenvalue weighted by molar-refractivity contribution is 7.95. The molecule has 4 aliphatic rings. The van der Waals surface area contributed by atoms with Gasteiger partial charge in [-0.25, -0.2) is 4.68 Å². The molecule has 6 aromatic rings. The van der Waals surface area contributed by atoms with Crippen molar-refractivity contribution >= 4 is 64.9 Å². The van der Waals surface area contributed by atoms with Crippen LogP contribution in [0.3, 0.4) is 0 Å². The second-order valence-corrected chi connectivity index (χ2v) is 22.6. The van der Waals surface area contributed by atoms with Gasteiger partial charge in [0, 0.05) is 43.4 Å². The Labute approximate surface area is 408 Å². The second-order valence-electron chi connectivity index (χ2n) is 19.0. The molecule has 0 spiro atoms. The van der Waals surface area contributed by atoms with Crippen LogP contribution in [0.15, 0.2) is 145 Å². The largest absolute Gasteiger partial charge is 0.737 e. The molecule has 2 aliphatic carbocycles. The van der Waals surface area contributed by atoms with Crippen molar-refractivity contribution in [3.63, 3.8) is 0 Å². The van der Waals surface area contributed by atoms with Gasteiger partial charge in [-0.1, -0.05) is 59.8 Å². The van der Waals surface area contributed by atoms with E-state index in [0.29, 0.717) is 36.3 Å². The Morgan fingerprint density at radius 3 is 2.07 bits per heavy atom. The van der Waals surface area contributed by atoms with Crippen LogP contribution >= 0.6 is 7.26 Å². The molecule has 15 heteroatoms. The lowest BCUT2D eigenvalue weighted by Crippen LogP contribution is -2.52. The zero-order valence-corrected chi connectivity index (χ0v) is 40.5. The first-order valence-corrected chi connectivity index (χ1v) is 26.6. The molecule has 1 saturated carbocycles. The molecular formula is C55H58BF2N7O4P+. The van der Waals surface area contributed by atoms with Crippen LogP contribution in [0.1, 0.15) is 74.6 Å². The summed E-state index contributed by atoms with van der Waals surface area (Å²) < 4.78 is 40.7. The number of amides is 2. The summed E-state index contributed by atoms with van der Waals surface area (Å²) in [5.41, 5.74) is 4.87. The van der Waals surface area contributed by atoms with Gasteiger partial charge in [-0.05, 0) is 148 Å². The molecule has 2 aromatic heterocycles. The number of anilines is 1. The summed E-state index contributed by atoms with van der Waals surface area (Å²) in [7, 11) is -1.90. The Morgan fingerprint density at radius 2 is 1.41 bits per heavy atom. The second kappa shape index (κ2) is 19.9. The maximum Gasteiger partial charge on any atom is 0.737 e. The smallest absolute Gasteiger partial charge is 0.465 e. The monoisotopic (exact) mass is 960 g/mol. The molecule has 358 valence electrons. The number of aromatic nitrogens is 4. The van der Waals surface area contributed by atoms with Gasteiger partial charge in [0.15, 0.2) is 5.70 Å². The number of esters is 1. The van der Waals surface area contributed by atoms with Crippen molar-refractivity contribution in [1.82, 2.24) is 24.8 Å². The minimum Gasteiger partial charge on any atom is -0.465 e. The fourth-order valence-corrected chi connectivity index (χ4v) is 15.7. The molecule has 70 heavy (non-hydrogen) atoms. The zero-order valence-electron chi connectivity index (χ0n) is 39.6. The molecule has 11 nitrogen and oxygen atoms in total. The molecular weight excluding hydrogens is 902 g/mol. The highest BCUT2D eigenvalue weighted by atomic mass is 31.2. The Hall–Kier alpha value is -6.79. The van der Waals surface area contributed by atoms with E-state index in [0.717, 1.165) is 82.8 Å². The van der Waals surface area contributed by atoms with E-state index >= 15 is 8.63 Å². The lowest BCUT2D eigenvalue weighted by Gasteiger charge is -2.32. The molecule has 4 aromatic carbocycles. The van der Waals surface area contributed by atoms with Gasteiger partial charge >= 0.3 is 12.9 Å². The van der Waals surface area contributed by atoms with Crippen molar-refractivity contribution in [2.45, 2.75) is 71.6 Å². The number of unbranched alkanes of at least 4 members (excludes halogenated alkanes) is 2. The third kappa shape index (κ3) is 9.10. The predicted octanol–water partition coefficient (Wildman–Crippen LogP) is 8.35. The fourth-order valence-electron chi connectivity index (χ4n) is 11.3. The first-order chi connectivity index (χ1) is 34.0. The quantitative estimate of drug-likeness (QED) is 0.0411. The summed E-state index contributed by atoms with van der Waals surface area (Å²) >= 11 is 0. The van der Waals surface area contributed by atoms with E-state index in [4.69, 9.17) is 4.74 Å². The van der Waals surface area contributed by atoms with Crippen LogP contribution in [0.25, 0.3) is 11.3 Å². The van der Waals surface area contributed by atoms with Gasteiger partial charge in [-0.3, -0.25) is 14.4 Å². The number of halogens is 2. The first-order valence-electron chi connectivity index (χ1n) is 24.6. The maximum atomic E-state index is 15.6. The van der Waals surface area contributed by atoms with E-state index in [1.54, 1.807) is 38.1 Å². The lowest BCUT2D eigenvalue weighted by molar-refractivity contribution is -0.362. The number of hydrogen-bond acceptors (Lipinski definition) is 6. The van der Waals surface area contributed by atoms with Crippen molar-refractivity contribution in [2.24, 2.45) is 17.8 Å². The molecule has 2 amide bonds. The Kier molecular flexibility index (Phi) is 13.3. The van der Waals surface area contributed by atoms with Gasteiger partial charge < -0.3 is 33.0 Å². The van der Waals surface area contributed by atoms with Crippen molar-refractivity contribution < 1.29 is 32.2 Å². The van der Waals surface area contributed by atoms with E-state index in [2.05, 4.69) is 112 Å². The highest BCUT2D eigenvalue weighted by Crippen LogP contribution is 2.56. The van der Waals surface area contributed by atoms with E-state index in [9.17, 15) is 14.4 Å². The Morgan fingerprint density at radius 1 is 0.771 bits per heavy atom. The number of nitrogens with one attached hydrogen (secondary N) is 2. The summed E-state index contributed by atoms with van der Waals surface area (Å²) in [5, 5.41) is 19.1. The van der Waals surface area contributed by atoms with E-state index < -0.39 is 26.1 Å². The van der Waals surface area contributed by atoms with Crippen molar-refractivity contribution in [2.75, 3.05) is 24.6 Å². The van der Waals surface area contributed by atoms with Crippen LogP contribution < -0.4 is 26.5 Å². The number of ether oxygens (including phenoxy) is 1. The maximum absolute atomic E-state index is 15.6. The summed E-state index contributed by atoms with van der Waals surface area (Å²) in [6, 6.07) is 43.7. The van der Waals surface area contributed by atoms with Gasteiger partial charge in [-0.2, -0.15) is 0 Å². The van der Waals surface area contributed by atoms with Crippen LogP contribution in [0.5, 0.6) is 0 Å².